The summed E-state index contributed by atoms with van der Waals surface area (Å²) >= 11 is 0. The van der Waals surface area contributed by atoms with Crippen LogP contribution in [-0.2, 0) is 4.79 Å². The van der Waals surface area contributed by atoms with Crippen LogP contribution >= 0.6 is 0 Å². The first-order valence-electron chi connectivity index (χ1n) is 9.85. The Hall–Kier alpha value is -0.630. The molecule has 23 heavy (non-hydrogen) atoms. The molecule has 0 aromatic rings. The van der Waals surface area contributed by atoms with Gasteiger partial charge < -0.3 is 5.11 Å². The van der Waals surface area contributed by atoms with Gasteiger partial charge in [-0.15, -0.1) is 0 Å². The molecule has 4 aliphatic rings. The largest absolute Gasteiger partial charge is 0.396 e. The molecule has 2 nitrogen and oxygen atoms in total. The van der Waals surface area contributed by atoms with Crippen LogP contribution in [0.1, 0.15) is 71.6 Å². The number of hydrogen-bond acceptors (Lipinski definition) is 2. The molecule has 0 aliphatic heterocycles. The van der Waals surface area contributed by atoms with Crippen LogP contribution in [0.5, 0.6) is 0 Å². The van der Waals surface area contributed by atoms with Gasteiger partial charge in [0.05, 0.1) is 5.41 Å². The van der Waals surface area contributed by atoms with Crippen molar-refractivity contribution >= 4 is 5.78 Å². The van der Waals surface area contributed by atoms with Gasteiger partial charge in [0.1, 0.15) is 5.78 Å². The van der Waals surface area contributed by atoms with E-state index in [-0.39, 0.29) is 5.41 Å². The van der Waals surface area contributed by atoms with Crippen LogP contribution in [0.25, 0.3) is 0 Å². The second kappa shape index (κ2) is 5.44. The smallest absolute Gasteiger partial charge is 0.143 e. The third kappa shape index (κ3) is 2.06. The maximum Gasteiger partial charge on any atom is 0.143 e. The van der Waals surface area contributed by atoms with E-state index in [1.807, 2.05) is 0 Å². The summed E-state index contributed by atoms with van der Waals surface area (Å²) in [6.07, 6.45) is 12.7. The number of aliphatic hydroxyl groups is 1. The normalized spacial score (nSPS) is 49.2. The van der Waals surface area contributed by atoms with Crippen molar-refractivity contribution in [3.63, 3.8) is 0 Å². The van der Waals surface area contributed by atoms with Crippen LogP contribution in [-0.4, -0.2) is 17.5 Å². The fourth-order valence-electron chi connectivity index (χ4n) is 7.30. The molecule has 3 fully saturated rings. The molecule has 3 saturated carbocycles. The summed E-state index contributed by atoms with van der Waals surface area (Å²) < 4.78 is 0. The molecule has 0 heterocycles. The lowest BCUT2D eigenvalue weighted by atomic mass is 9.46. The van der Waals surface area contributed by atoms with Gasteiger partial charge in [0.15, 0.2) is 0 Å². The molecule has 0 spiro atoms. The van der Waals surface area contributed by atoms with E-state index in [2.05, 4.69) is 19.9 Å². The first-order valence-corrected chi connectivity index (χ1v) is 9.85. The Balaban J connectivity index is 1.66. The number of allylic oxidation sites excluding steroid dienone is 2. The summed E-state index contributed by atoms with van der Waals surface area (Å²) in [5, 5.41) is 9.44. The van der Waals surface area contributed by atoms with Crippen LogP contribution in [0.4, 0.5) is 0 Å². The average molecular weight is 316 g/mol. The maximum absolute atomic E-state index is 12.9. The highest BCUT2D eigenvalue weighted by Crippen LogP contribution is 2.66. The van der Waals surface area contributed by atoms with Crippen LogP contribution in [0, 0.1) is 34.5 Å². The summed E-state index contributed by atoms with van der Waals surface area (Å²) in [5.74, 6) is 3.33. The molecular formula is C21H32O2. The Bertz CT molecular complexity index is 536. The van der Waals surface area contributed by atoms with Crippen molar-refractivity contribution in [2.75, 3.05) is 6.61 Å². The third-order valence-corrected chi connectivity index (χ3v) is 8.61. The van der Waals surface area contributed by atoms with E-state index in [4.69, 9.17) is 0 Å². The Morgan fingerprint density at radius 2 is 1.96 bits per heavy atom. The van der Waals surface area contributed by atoms with Crippen molar-refractivity contribution in [1.82, 2.24) is 0 Å². The SMILES string of the molecule is C[C@]12C(=O)CCC=C1CC[C@@H]1[C@@H]2CC[C@]2(C)[C@@H](CCO)CC[C@@H]12. The molecule has 0 radical (unpaired) electrons. The summed E-state index contributed by atoms with van der Waals surface area (Å²) in [7, 11) is 0. The monoisotopic (exact) mass is 316 g/mol. The summed E-state index contributed by atoms with van der Waals surface area (Å²) in [6, 6.07) is 0. The van der Waals surface area contributed by atoms with Gasteiger partial charge in [0, 0.05) is 13.0 Å². The summed E-state index contributed by atoms with van der Waals surface area (Å²) in [4.78, 5) is 12.9. The van der Waals surface area contributed by atoms with Crippen molar-refractivity contribution in [3.05, 3.63) is 11.6 Å². The van der Waals surface area contributed by atoms with Crippen LogP contribution in [0.2, 0.25) is 0 Å². The van der Waals surface area contributed by atoms with Gasteiger partial charge in [-0.2, -0.15) is 0 Å². The van der Waals surface area contributed by atoms with E-state index in [1.165, 1.54) is 37.7 Å². The molecular weight excluding hydrogens is 284 g/mol. The fraction of sp³-hybridized carbons (Fsp3) is 0.857. The van der Waals surface area contributed by atoms with Crippen LogP contribution in [0.15, 0.2) is 11.6 Å². The third-order valence-electron chi connectivity index (χ3n) is 8.61. The van der Waals surface area contributed by atoms with E-state index in [0.29, 0.717) is 29.6 Å². The zero-order valence-electron chi connectivity index (χ0n) is 14.8. The second-order valence-corrected chi connectivity index (χ2v) is 9.14. The molecule has 0 aromatic heterocycles. The Kier molecular flexibility index (Phi) is 3.75. The number of hydrogen-bond donors (Lipinski definition) is 1. The van der Waals surface area contributed by atoms with E-state index < -0.39 is 0 Å². The van der Waals surface area contributed by atoms with E-state index in [1.54, 1.807) is 0 Å². The standard InChI is InChI=1S/C21H32O2/c1-20-12-10-18-16(17(20)9-7-14(20)11-13-22)8-6-15-4-3-5-19(23)21(15,18)2/h4,14,16-18,22H,3,5-13H2,1-2H3/t14-,16+,17+,18+,20-,21+/m1/s1. The van der Waals surface area contributed by atoms with Gasteiger partial charge in [-0.05, 0) is 87.4 Å². The van der Waals surface area contributed by atoms with Crippen LogP contribution in [0.3, 0.4) is 0 Å². The fourth-order valence-corrected chi connectivity index (χ4v) is 7.30. The molecule has 6 atom stereocenters. The number of fused-ring (bicyclic) bond motifs is 5. The van der Waals surface area contributed by atoms with Crippen molar-refractivity contribution in [2.24, 2.45) is 34.5 Å². The zero-order chi connectivity index (χ0) is 16.2. The number of carbonyl (C=O) groups is 1. The highest BCUT2D eigenvalue weighted by Gasteiger charge is 2.60. The Morgan fingerprint density at radius 1 is 1.13 bits per heavy atom. The number of carbonyl (C=O) groups excluding carboxylic acids is 1. The molecule has 0 saturated heterocycles. The van der Waals surface area contributed by atoms with Crippen molar-refractivity contribution in [3.8, 4) is 0 Å². The molecule has 128 valence electrons. The predicted molar refractivity (Wildman–Crippen MR) is 91.9 cm³/mol. The molecule has 0 unspecified atom stereocenters. The highest BCUT2D eigenvalue weighted by molar-refractivity contribution is 5.89. The lowest BCUT2D eigenvalue weighted by Crippen LogP contribution is -2.53. The average Bonchev–Trinajstić information content (AvgIpc) is 2.86. The van der Waals surface area contributed by atoms with Gasteiger partial charge in [-0.1, -0.05) is 18.6 Å². The highest BCUT2D eigenvalue weighted by atomic mass is 16.3. The first kappa shape index (κ1) is 15.9. The summed E-state index contributed by atoms with van der Waals surface area (Å²) in [5.41, 5.74) is 1.75. The number of ketones is 1. The van der Waals surface area contributed by atoms with Gasteiger partial charge in [-0.25, -0.2) is 0 Å². The molecule has 4 aliphatic carbocycles. The second-order valence-electron chi connectivity index (χ2n) is 9.14. The van der Waals surface area contributed by atoms with E-state index in [0.717, 1.165) is 37.5 Å². The first-order chi connectivity index (χ1) is 11.0. The molecule has 0 aromatic carbocycles. The Labute approximate surface area is 140 Å². The van der Waals surface area contributed by atoms with Crippen molar-refractivity contribution in [2.45, 2.75) is 71.6 Å². The lowest BCUT2D eigenvalue weighted by Gasteiger charge is -2.57. The molecule has 0 amide bonds. The molecule has 0 bridgehead atoms. The molecule has 4 rings (SSSR count). The number of aliphatic hydroxyl groups excluding tert-OH is 1. The molecule has 2 heteroatoms. The number of Topliss-reactive ketones (excluding diaryl/α,β-unsaturated/α-hetero) is 1. The van der Waals surface area contributed by atoms with E-state index >= 15 is 0 Å². The topological polar surface area (TPSA) is 37.3 Å². The van der Waals surface area contributed by atoms with Gasteiger partial charge in [-0.3, -0.25) is 4.79 Å². The van der Waals surface area contributed by atoms with Crippen LogP contribution < -0.4 is 0 Å². The predicted octanol–water partition coefficient (Wildman–Crippen LogP) is 4.52. The lowest BCUT2D eigenvalue weighted by molar-refractivity contribution is -0.137. The quantitative estimate of drug-likeness (QED) is 0.761. The summed E-state index contributed by atoms with van der Waals surface area (Å²) in [6.45, 7) is 5.11. The van der Waals surface area contributed by atoms with E-state index in [9.17, 15) is 9.90 Å². The zero-order valence-corrected chi connectivity index (χ0v) is 14.8. The number of rotatable bonds is 2. The van der Waals surface area contributed by atoms with Gasteiger partial charge in [0.2, 0.25) is 0 Å². The maximum atomic E-state index is 12.9. The van der Waals surface area contributed by atoms with Crippen molar-refractivity contribution < 1.29 is 9.90 Å². The van der Waals surface area contributed by atoms with Crippen molar-refractivity contribution in [1.29, 1.82) is 0 Å². The minimum absolute atomic E-state index is 0.141. The molecule has 1 N–H and O–H groups in total. The van der Waals surface area contributed by atoms with Gasteiger partial charge >= 0.3 is 0 Å². The Morgan fingerprint density at radius 3 is 2.74 bits per heavy atom. The van der Waals surface area contributed by atoms with Gasteiger partial charge in [0.25, 0.3) is 0 Å². The minimum atomic E-state index is -0.141. The minimum Gasteiger partial charge on any atom is -0.396 e.